The molecule has 1 fully saturated rings. The van der Waals surface area contributed by atoms with E-state index < -0.39 is 0 Å². The van der Waals surface area contributed by atoms with Gasteiger partial charge in [0.1, 0.15) is 0 Å². The Kier molecular flexibility index (Phi) is 3.19. The Labute approximate surface area is 133 Å². The molecular weight excluding hydrogens is 266 g/mol. The van der Waals surface area contributed by atoms with Crippen molar-refractivity contribution >= 4 is 5.57 Å². The van der Waals surface area contributed by atoms with Gasteiger partial charge in [-0.1, -0.05) is 47.5 Å². The van der Waals surface area contributed by atoms with Crippen LogP contribution in [-0.4, -0.2) is 25.0 Å². The van der Waals surface area contributed by atoms with Crippen LogP contribution in [0.5, 0.6) is 0 Å². The second-order valence-electron chi connectivity index (χ2n) is 6.83. The fraction of sp³-hybridized carbons (Fsp3) is 0.333. The second-order valence-corrected chi connectivity index (χ2v) is 6.83. The molecule has 1 heterocycles. The topological polar surface area (TPSA) is 3.24 Å². The van der Waals surface area contributed by atoms with E-state index in [1.807, 2.05) is 0 Å². The highest BCUT2D eigenvalue weighted by molar-refractivity contribution is 6.03. The maximum Gasteiger partial charge on any atom is 0.00160 e. The minimum Gasteiger partial charge on any atom is -0.306 e. The third kappa shape index (κ3) is 2.04. The summed E-state index contributed by atoms with van der Waals surface area (Å²) in [6.45, 7) is 6.82. The lowest BCUT2D eigenvalue weighted by Crippen LogP contribution is -2.26. The summed E-state index contributed by atoms with van der Waals surface area (Å²) in [5, 5.41) is 0. The molecule has 1 aliphatic carbocycles. The number of aryl methyl sites for hydroxylation is 2. The van der Waals surface area contributed by atoms with Crippen LogP contribution in [0.4, 0.5) is 0 Å². The first-order chi connectivity index (χ1) is 10.6. The summed E-state index contributed by atoms with van der Waals surface area (Å²) in [7, 11) is 2.23. The molecule has 0 unspecified atom stereocenters. The highest BCUT2D eigenvalue weighted by Gasteiger charge is 2.28. The van der Waals surface area contributed by atoms with Crippen LogP contribution in [0.15, 0.2) is 42.0 Å². The van der Waals surface area contributed by atoms with Crippen molar-refractivity contribution in [3.8, 4) is 11.1 Å². The largest absolute Gasteiger partial charge is 0.306 e. The first-order valence-electron chi connectivity index (χ1n) is 8.27. The maximum absolute atomic E-state index is 2.44. The summed E-state index contributed by atoms with van der Waals surface area (Å²) in [5.74, 6) is 0. The monoisotopic (exact) mass is 289 g/mol. The van der Waals surface area contributed by atoms with Gasteiger partial charge in [-0.25, -0.2) is 0 Å². The lowest BCUT2D eigenvalue weighted by molar-refractivity contribution is 0.313. The molecule has 1 heteroatoms. The molecule has 1 saturated heterocycles. The van der Waals surface area contributed by atoms with E-state index in [-0.39, 0.29) is 0 Å². The summed E-state index contributed by atoms with van der Waals surface area (Å²) in [6.07, 6.45) is 2.40. The Morgan fingerprint density at radius 3 is 2.41 bits per heavy atom. The third-order valence-corrected chi connectivity index (χ3v) is 5.20. The van der Waals surface area contributed by atoms with Crippen molar-refractivity contribution in [2.45, 2.75) is 26.7 Å². The molecule has 22 heavy (non-hydrogen) atoms. The smallest absolute Gasteiger partial charge is 0.00160 e. The molecule has 2 aromatic rings. The summed E-state index contributed by atoms with van der Waals surface area (Å²) >= 11 is 0. The van der Waals surface area contributed by atoms with Crippen LogP contribution < -0.4 is 0 Å². The fourth-order valence-electron chi connectivity index (χ4n) is 3.96. The minimum absolute atomic E-state index is 1.18. The Balaban J connectivity index is 1.99. The highest BCUT2D eigenvalue weighted by Crippen LogP contribution is 2.48. The van der Waals surface area contributed by atoms with E-state index in [0.717, 1.165) is 0 Å². The molecule has 1 aliphatic heterocycles. The van der Waals surface area contributed by atoms with E-state index >= 15 is 0 Å². The Morgan fingerprint density at radius 1 is 0.864 bits per heavy atom. The van der Waals surface area contributed by atoms with Crippen molar-refractivity contribution in [3.63, 3.8) is 0 Å². The molecule has 0 saturated carbocycles. The normalized spacial score (nSPS) is 17.6. The predicted molar refractivity (Wildman–Crippen MR) is 94.1 cm³/mol. The van der Waals surface area contributed by atoms with Crippen LogP contribution in [0.2, 0.25) is 0 Å². The second kappa shape index (κ2) is 5.10. The number of benzene rings is 2. The van der Waals surface area contributed by atoms with Crippen LogP contribution >= 0.6 is 0 Å². The first-order valence-corrected chi connectivity index (χ1v) is 8.27. The van der Waals surface area contributed by atoms with Crippen LogP contribution in [0.25, 0.3) is 16.7 Å². The molecule has 2 aromatic carbocycles. The number of likely N-dealkylation sites (tertiary alicyclic amines) is 1. The average molecular weight is 289 g/mol. The van der Waals surface area contributed by atoms with E-state index in [0.29, 0.717) is 0 Å². The van der Waals surface area contributed by atoms with Crippen molar-refractivity contribution in [2.24, 2.45) is 0 Å². The van der Waals surface area contributed by atoms with E-state index in [9.17, 15) is 0 Å². The fourth-order valence-corrected chi connectivity index (χ4v) is 3.96. The predicted octanol–water partition coefficient (Wildman–Crippen LogP) is 4.81. The van der Waals surface area contributed by atoms with E-state index in [4.69, 9.17) is 0 Å². The van der Waals surface area contributed by atoms with Crippen molar-refractivity contribution in [1.29, 1.82) is 0 Å². The van der Waals surface area contributed by atoms with Crippen LogP contribution in [-0.2, 0) is 0 Å². The lowest BCUT2D eigenvalue weighted by atomic mass is 9.90. The lowest BCUT2D eigenvalue weighted by Gasteiger charge is -2.26. The van der Waals surface area contributed by atoms with Gasteiger partial charge in [0.25, 0.3) is 0 Å². The molecule has 112 valence electrons. The van der Waals surface area contributed by atoms with Gasteiger partial charge in [-0.2, -0.15) is 0 Å². The Morgan fingerprint density at radius 2 is 1.64 bits per heavy atom. The number of hydrogen-bond acceptors (Lipinski definition) is 1. The van der Waals surface area contributed by atoms with Gasteiger partial charge in [0.2, 0.25) is 0 Å². The quantitative estimate of drug-likeness (QED) is 0.574. The zero-order valence-corrected chi connectivity index (χ0v) is 13.7. The number of hydrogen-bond donors (Lipinski definition) is 0. The summed E-state index contributed by atoms with van der Waals surface area (Å²) in [5.41, 5.74) is 11.8. The maximum atomic E-state index is 2.44. The first kappa shape index (κ1) is 13.8. The van der Waals surface area contributed by atoms with Gasteiger partial charge < -0.3 is 4.90 Å². The van der Waals surface area contributed by atoms with Crippen molar-refractivity contribution in [2.75, 3.05) is 20.1 Å². The SMILES string of the molecule is Cc1ccc2c(c1)C(=C1CCN(C)CC1)c1c(C)cccc1-2. The molecule has 0 N–H and O–H groups in total. The van der Waals surface area contributed by atoms with Gasteiger partial charge in [0.05, 0.1) is 0 Å². The molecule has 0 aromatic heterocycles. The van der Waals surface area contributed by atoms with E-state index in [1.54, 1.807) is 11.1 Å². The summed E-state index contributed by atoms with van der Waals surface area (Å²) in [6, 6.07) is 13.7. The standard InChI is InChI=1S/C21H23N/c1-14-7-8-17-18-6-4-5-15(2)20(18)21(19(17)13-14)16-9-11-22(3)12-10-16/h4-8,13H,9-12H2,1-3H3. The molecule has 0 radical (unpaired) electrons. The van der Waals surface area contributed by atoms with Gasteiger partial charge in [-0.3, -0.25) is 0 Å². The van der Waals surface area contributed by atoms with E-state index in [2.05, 4.69) is 62.2 Å². The number of piperidine rings is 1. The number of rotatable bonds is 0. The number of nitrogens with zero attached hydrogens (tertiary/aromatic N) is 1. The molecule has 0 bridgehead atoms. The summed E-state index contributed by atoms with van der Waals surface area (Å²) in [4.78, 5) is 2.44. The molecule has 4 rings (SSSR count). The molecular formula is C21H23N. The van der Waals surface area contributed by atoms with Crippen molar-refractivity contribution in [1.82, 2.24) is 4.90 Å². The van der Waals surface area contributed by atoms with Crippen molar-refractivity contribution < 1.29 is 0 Å². The van der Waals surface area contributed by atoms with Crippen molar-refractivity contribution in [3.05, 3.63) is 64.2 Å². The zero-order chi connectivity index (χ0) is 15.3. The highest BCUT2D eigenvalue weighted by atomic mass is 15.1. The van der Waals surface area contributed by atoms with E-state index in [1.165, 1.54) is 59.3 Å². The van der Waals surface area contributed by atoms with Crippen LogP contribution in [0.3, 0.4) is 0 Å². The molecule has 0 spiro atoms. The molecule has 2 aliphatic rings. The average Bonchev–Trinajstić information content (AvgIpc) is 2.83. The third-order valence-electron chi connectivity index (χ3n) is 5.20. The minimum atomic E-state index is 1.18. The van der Waals surface area contributed by atoms with Gasteiger partial charge in [-0.15, -0.1) is 0 Å². The number of fused-ring (bicyclic) bond motifs is 3. The Bertz CT molecular complexity index is 772. The summed E-state index contributed by atoms with van der Waals surface area (Å²) < 4.78 is 0. The van der Waals surface area contributed by atoms with Crippen LogP contribution in [0.1, 0.15) is 35.1 Å². The van der Waals surface area contributed by atoms with Gasteiger partial charge in [0.15, 0.2) is 0 Å². The Hall–Kier alpha value is -1.86. The molecule has 0 amide bonds. The van der Waals surface area contributed by atoms with Gasteiger partial charge in [0, 0.05) is 13.1 Å². The van der Waals surface area contributed by atoms with Gasteiger partial charge >= 0.3 is 0 Å². The molecule has 1 nitrogen and oxygen atoms in total. The molecule has 0 atom stereocenters. The zero-order valence-electron chi connectivity index (χ0n) is 13.7. The van der Waals surface area contributed by atoms with Crippen LogP contribution in [0, 0.1) is 13.8 Å². The van der Waals surface area contributed by atoms with Gasteiger partial charge in [-0.05, 0) is 67.1 Å².